The van der Waals surface area contributed by atoms with Crippen molar-refractivity contribution in [1.82, 2.24) is 20.6 Å². The van der Waals surface area contributed by atoms with Crippen molar-refractivity contribution in [1.29, 1.82) is 0 Å². The van der Waals surface area contributed by atoms with E-state index in [9.17, 15) is 4.79 Å². The third kappa shape index (κ3) is 2.64. The van der Waals surface area contributed by atoms with Gasteiger partial charge in [-0.2, -0.15) is 0 Å². The zero-order chi connectivity index (χ0) is 13.3. The molecular formula is C13H20N4O2. The summed E-state index contributed by atoms with van der Waals surface area (Å²) in [6, 6.07) is -0.199. The summed E-state index contributed by atoms with van der Waals surface area (Å²) in [5.74, 6) is 0.0432. The third-order valence-corrected chi connectivity index (χ3v) is 3.91. The lowest BCUT2D eigenvalue weighted by Gasteiger charge is -2.36. The first-order chi connectivity index (χ1) is 9.16. The van der Waals surface area contributed by atoms with E-state index in [1.165, 1.54) is 0 Å². The summed E-state index contributed by atoms with van der Waals surface area (Å²) in [7, 11) is 0. The zero-order valence-corrected chi connectivity index (χ0v) is 11.2. The van der Waals surface area contributed by atoms with Gasteiger partial charge in [-0.15, -0.1) is 0 Å². The Morgan fingerprint density at radius 1 is 1.63 bits per heavy atom. The van der Waals surface area contributed by atoms with Gasteiger partial charge in [0.2, 0.25) is 5.91 Å². The van der Waals surface area contributed by atoms with Gasteiger partial charge >= 0.3 is 0 Å². The number of aromatic nitrogens is 2. The van der Waals surface area contributed by atoms with Gasteiger partial charge in [-0.05, 0) is 19.8 Å². The van der Waals surface area contributed by atoms with Gasteiger partial charge in [-0.25, -0.2) is 4.98 Å². The Morgan fingerprint density at radius 2 is 2.53 bits per heavy atom. The van der Waals surface area contributed by atoms with E-state index in [2.05, 4.69) is 20.6 Å². The van der Waals surface area contributed by atoms with E-state index in [1.54, 1.807) is 6.33 Å². The summed E-state index contributed by atoms with van der Waals surface area (Å²) in [5.41, 5.74) is 1.84. The molecule has 1 fully saturated rings. The predicted octanol–water partition coefficient (Wildman–Crippen LogP) is 0.109. The Balaban J connectivity index is 1.62. The summed E-state index contributed by atoms with van der Waals surface area (Å²) in [4.78, 5) is 19.7. The van der Waals surface area contributed by atoms with Crippen molar-refractivity contribution < 1.29 is 9.53 Å². The summed E-state index contributed by atoms with van der Waals surface area (Å²) in [5, 5.41) is 6.37. The molecule has 3 N–H and O–H groups in total. The van der Waals surface area contributed by atoms with Crippen LogP contribution in [0, 0.1) is 0 Å². The number of hydrogen-bond acceptors (Lipinski definition) is 4. The molecule has 0 saturated carbocycles. The molecule has 104 valence electrons. The first kappa shape index (κ1) is 12.6. The lowest BCUT2D eigenvalue weighted by atomic mass is 9.93. The van der Waals surface area contributed by atoms with Gasteiger partial charge in [-0.3, -0.25) is 10.1 Å². The molecule has 1 saturated heterocycles. The van der Waals surface area contributed by atoms with Crippen LogP contribution in [0.3, 0.4) is 0 Å². The number of carbonyl (C=O) groups is 1. The predicted molar refractivity (Wildman–Crippen MR) is 69.5 cm³/mol. The van der Waals surface area contributed by atoms with Crippen LogP contribution in [0.15, 0.2) is 6.33 Å². The van der Waals surface area contributed by atoms with Crippen LogP contribution in [0.5, 0.6) is 0 Å². The minimum Gasteiger partial charge on any atom is -0.379 e. The van der Waals surface area contributed by atoms with Crippen molar-refractivity contribution in [2.75, 3.05) is 13.2 Å². The SMILES string of the molecule is CC1(NC(=O)C2Cc3nc[nH]c3CN2)CCCOC1. The van der Waals surface area contributed by atoms with Gasteiger partial charge in [-0.1, -0.05) is 0 Å². The number of hydrogen-bond donors (Lipinski definition) is 3. The largest absolute Gasteiger partial charge is 0.379 e. The highest BCUT2D eigenvalue weighted by atomic mass is 16.5. The Labute approximate surface area is 112 Å². The molecule has 2 aliphatic rings. The van der Waals surface area contributed by atoms with Crippen LogP contribution in [-0.2, 0) is 22.5 Å². The van der Waals surface area contributed by atoms with Crippen molar-refractivity contribution in [3.05, 3.63) is 17.7 Å². The molecule has 1 aromatic rings. The molecule has 0 aliphatic carbocycles. The molecule has 3 rings (SSSR count). The molecule has 0 radical (unpaired) electrons. The molecule has 0 bridgehead atoms. The molecule has 6 heteroatoms. The Morgan fingerprint density at radius 3 is 3.32 bits per heavy atom. The van der Waals surface area contributed by atoms with Crippen LogP contribution in [0.2, 0.25) is 0 Å². The molecule has 2 unspecified atom stereocenters. The van der Waals surface area contributed by atoms with E-state index in [4.69, 9.17) is 4.74 Å². The van der Waals surface area contributed by atoms with Crippen molar-refractivity contribution in [3.63, 3.8) is 0 Å². The molecule has 19 heavy (non-hydrogen) atoms. The number of nitrogens with one attached hydrogen (secondary N) is 3. The number of nitrogens with zero attached hydrogens (tertiary/aromatic N) is 1. The molecule has 0 aromatic carbocycles. The Kier molecular flexibility index (Phi) is 3.28. The minimum atomic E-state index is -0.233. The van der Waals surface area contributed by atoms with Gasteiger partial charge in [0.25, 0.3) is 0 Å². The van der Waals surface area contributed by atoms with E-state index in [0.717, 1.165) is 30.8 Å². The summed E-state index contributed by atoms with van der Waals surface area (Å²) < 4.78 is 5.46. The Bertz CT molecular complexity index is 465. The molecule has 2 aliphatic heterocycles. The van der Waals surface area contributed by atoms with Crippen LogP contribution in [-0.4, -0.2) is 40.7 Å². The molecule has 1 aromatic heterocycles. The van der Waals surface area contributed by atoms with Crippen molar-refractivity contribution >= 4 is 5.91 Å². The fraction of sp³-hybridized carbons (Fsp3) is 0.692. The Hall–Kier alpha value is -1.40. The van der Waals surface area contributed by atoms with Gasteiger partial charge in [0.1, 0.15) is 0 Å². The highest BCUT2D eigenvalue weighted by Gasteiger charge is 2.33. The van der Waals surface area contributed by atoms with Gasteiger partial charge < -0.3 is 15.0 Å². The van der Waals surface area contributed by atoms with Crippen LogP contribution >= 0.6 is 0 Å². The van der Waals surface area contributed by atoms with Crippen molar-refractivity contribution in [2.45, 2.75) is 44.3 Å². The number of ether oxygens (including phenoxy) is 1. The van der Waals surface area contributed by atoms with Crippen LogP contribution in [0.4, 0.5) is 0 Å². The lowest BCUT2D eigenvalue weighted by molar-refractivity contribution is -0.126. The number of rotatable bonds is 2. The topological polar surface area (TPSA) is 79.0 Å². The highest BCUT2D eigenvalue weighted by Crippen LogP contribution is 2.19. The van der Waals surface area contributed by atoms with Crippen LogP contribution in [0.1, 0.15) is 31.2 Å². The maximum absolute atomic E-state index is 12.3. The fourth-order valence-electron chi connectivity index (χ4n) is 2.77. The maximum Gasteiger partial charge on any atom is 0.238 e. The van der Waals surface area contributed by atoms with E-state index >= 15 is 0 Å². The standard InChI is InChI=1S/C13H20N4O2/c1-13(3-2-4-19-7-13)17-12(18)10-5-9-11(6-14-10)16-8-15-9/h8,10,14H,2-7H2,1H3,(H,15,16)(H,17,18). The van der Waals surface area contributed by atoms with Crippen molar-refractivity contribution in [2.24, 2.45) is 0 Å². The fourth-order valence-corrected chi connectivity index (χ4v) is 2.77. The summed E-state index contributed by atoms with van der Waals surface area (Å²) in [6.45, 7) is 4.11. The molecule has 0 spiro atoms. The molecule has 2 atom stereocenters. The average molecular weight is 264 g/mol. The maximum atomic E-state index is 12.3. The van der Waals surface area contributed by atoms with Gasteiger partial charge in [0.05, 0.1) is 35.9 Å². The second-order valence-electron chi connectivity index (χ2n) is 5.67. The van der Waals surface area contributed by atoms with Crippen LogP contribution in [0.25, 0.3) is 0 Å². The second kappa shape index (κ2) is 4.94. The number of imidazole rings is 1. The quantitative estimate of drug-likeness (QED) is 0.708. The normalized spacial score (nSPS) is 30.7. The average Bonchev–Trinajstić information content (AvgIpc) is 2.86. The van der Waals surface area contributed by atoms with E-state index in [1.807, 2.05) is 6.92 Å². The first-order valence-corrected chi connectivity index (χ1v) is 6.81. The third-order valence-electron chi connectivity index (χ3n) is 3.91. The van der Waals surface area contributed by atoms with E-state index in [-0.39, 0.29) is 17.5 Å². The zero-order valence-electron chi connectivity index (χ0n) is 11.2. The number of fused-ring (bicyclic) bond motifs is 1. The summed E-state index contributed by atoms with van der Waals surface area (Å²) in [6.07, 6.45) is 4.29. The van der Waals surface area contributed by atoms with Gasteiger partial charge in [0, 0.05) is 19.6 Å². The second-order valence-corrected chi connectivity index (χ2v) is 5.67. The molecule has 6 nitrogen and oxygen atoms in total. The molecular weight excluding hydrogens is 244 g/mol. The van der Waals surface area contributed by atoms with Crippen LogP contribution < -0.4 is 10.6 Å². The first-order valence-electron chi connectivity index (χ1n) is 6.81. The minimum absolute atomic E-state index is 0.0432. The number of H-pyrrole nitrogens is 1. The van der Waals surface area contributed by atoms with Gasteiger partial charge in [0.15, 0.2) is 0 Å². The lowest BCUT2D eigenvalue weighted by Crippen LogP contribution is -2.57. The number of amides is 1. The highest BCUT2D eigenvalue weighted by molar-refractivity contribution is 5.83. The molecule has 3 heterocycles. The van der Waals surface area contributed by atoms with E-state index < -0.39 is 0 Å². The number of carbonyl (C=O) groups excluding carboxylic acids is 1. The monoisotopic (exact) mass is 264 g/mol. The van der Waals surface area contributed by atoms with Crippen molar-refractivity contribution in [3.8, 4) is 0 Å². The smallest absolute Gasteiger partial charge is 0.238 e. The van der Waals surface area contributed by atoms with E-state index in [0.29, 0.717) is 19.6 Å². The molecule has 1 amide bonds. The summed E-state index contributed by atoms with van der Waals surface area (Å²) >= 11 is 0. The number of aromatic amines is 1.